The summed E-state index contributed by atoms with van der Waals surface area (Å²) in [5.41, 5.74) is 0.361. The number of sulfonamides is 1. The molecule has 1 saturated heterocycles. The third-order valence-corrected chi connectivity index (χ3v) is 6.40. The number of halogens is 2. The number of nitrogens with zero attached hydrogens (tertiary/aromatic N) is 2. The summed E-state index contributed by atoms with van der Waals surface area (Å²) in [7, 11) is -4.13. The maximum absolute atomic E-state index is 14.4. The van der Waals surface area contributed by atoms with Crippen LogP contribution >= 0.6 is 23.1 Å². The molecule has 12 heteroatoms. The average Bonchev–Trinajstić information content (AvgIpc) is 3.07. The van der Waals surface area contributed by atoms with Crippen molar-refractivity contribution < 1.29 is 12.8 Å². The van der Waals surface area contributed by atoms with Gasteiger partial charge in [0, 0.05) is 37.2 Å². The van der Waals surface area contributed by atoms with Crippen LogP contribution in [0.3, 0.4) is 0 Å². The molecule has 4 N–H and O–H groups in total. The van der Waals surface area contributed by atoms with Crippen LogP contribution in [0.15, 0.2) is 23.4 Å². The van der Waals surface area contributed by atoms with E-state index in [1.165, 1.54) is 6.33 Å². The molecular weight excluding hydrogens is 415 g/mol. The Morgan fingerprint density at radius 3 is 2.74 bits per heavy atom. The summed E-state index contributed by atoms with van der Waals surface area (Å²) < 4.78 is 44.8. The first-order chi connectivity index (χ1) is 13.0. The Morgan fingerprint density at radius 1 is 1.30 bits per heavy atom. The maximum atomic E-state index is 14.4. The van der Waals surface area contributed by atoms with Crippen molar-refractivity contribution in [3.05, 3.63) is 29.3 Å². The molecule has 2 heterocycles. The van der Waals surface area contributed by atoms with Gasteiger partial charge in [0.1, 0.15) is 17.0 Å². The molecule has 0 unspecified atom stereocenters. The molecule has 27 heavy (non-hydrogen) atoms. The minimum atomic E-state index is -4.13. The van der Waals surface area contributed by atoms with E-state index in [4.69, 9.17) is 11.6 Å². The second-order valence-corrected chi connectivity index (χ2v) is 8.90. The molecule has 1 aromatic carbocycles. The Balaban J connectivity index is 1.54. The van der Waals surface area contributed by atoms with Crippen molar-refractivity contribution in [1.82, 2.24) is 20.0 Å². The number of hydrogen-bond acceptors (Lipinski definition) is 8. The van der Waals surface area contributed by atoms with Gasteiger partial charge >= 0.3 is 0 Å². The molecule has 0 radical (unpaired) electrons. The third kappa shape index (κ3) is 5.48. The summed E-state index contributed by atoms with van der Waals surface area (Å²) in [6.07, 6.45) is 3.06. The van der Waals surface area contributed by atoms with Crippen LogP contribution in [-0.4, -0.2) is 50.0 Å². The number of unbranched alkanes of at least 4 members (excludes halogenated alkanes) is 1. The Kier molecular flexibility index (Phi) is 6.82. The third-order valence-electron chi connectivity index (χ3n) is 4.03. The van der Waals surface area contributed by atoms with Crippen molar-refractivity contribution in [3.8, 4) is 0 Å². The highest BCUT2D eigenvalue weighted by Crippen LogP contribution is 2.29. The Morgan fingerprint density at radius 2 is 2.07 bits per heavy atom. The zero-order valence-electron chi connectivity index (χ0n) is 14.3. The Hall–Kier alpha value is -1.53. The van der Waals surface area contributed by atoms with Crippen molar-refractivity contribution in [2.75, 3.05) is 36.2 Å². The fourth-order valence-corrected chi connectivity index (χ4v) is 4.51. The van der Waals surface area contributed by atoms with Gasteiger partial charge in [-0.05, 0) is 31.5 Å². The van der Waals surface area contributed by atoms with Gasteiger partial charge < -0.3 is 16.0 Å². The van der Waals surface area contributed by atoms with Gasteiger partial charge in [-0.25, -0.2) is 17.8 Å². The van der Waals surface area contributed by atoms with E-state index < -0.39 is 20.7 Å². The number of benzene rings is 1. The second-order valence-electron chi connectivity index (χ2n) is 6.06. The first-order valence-electron chi connectivity index (χ1n) is 8.42. The molecule has 1 aromatic heterocycles. The van der Waals surface area contributed by atoms with Gasteiger partial charge in [-0.2, -0.15) is 4.37 Å². The number of aromatic nitrogens is 2. The van der Waals surface area contributed by atoms with Gasteiger partial charge in [-0.15, -0.1) is 0 Å². The van der Waals surface area contributed by atoms with Gasteiger partial charge in [0.05, 0.1) is 10.7 Å². The van der Waals surface area contributed by atoms with Gasteiger partial charge in [0.25, 0.3) is 10.0 Å². The van der Waals surface area contributed by atoms with Crippen LogP contribution in [0.25, 0.3) is 0 Å². The lowest BCUT2D eigenvalue weighted by Gasteiger charge is -2.28. The highest BCUT2D eigenvalue weighted by atomic mass is 35.5. The number of anilines is 2. The first kappa shape index (κ1) is 20.2. The molecule has 0 saturated carbocycles. The molecule has 0 aliphatic carbocycles. The minimum absolute atomic E-state index is 0.0546. The van der Waals surface area contributed by atoms with Gasteiger partial charge in [-0.1, -0.05) is 11.6 Å². The topological polar surface area (TPSA) is 108 Å². The molecular formula is C15H20ClFN6O2S2. The van der Waals surface area contributed by atoms with E-state index in [2.05, 4.69) is 30.0 Å². The lowest BCUT2D eigenvalue weighted by atomic mass is 10.2. The normalized spacial score (nSPS) is 14.7. The van der Waals surface area contributed by atoms with Gasteiger partial charge in [-0.3, -0.25) is 4.72 Å². The minimum Gasteiger partial charge on any atom is -0.384 e. The average molecular weight is 435 g/mol. The Labute approximate surface area is 166 Å². The van der Waals surface area contributed by atoms with Crippen molar-refractivity contribution in [1.29, 1.82) is 0 Å². The van der Waals surface area contributed by atoms with Crippen molar-refractivity contribution >= 4 is 44.0 Å². The van der Waals surface area contributed by atoms with Crippen molar-refractivity contribution in [2.24, 2.45) is 0 Å². The standard InChI is InChI=1S/C15H20ClFN6O2S2/c16-11-5-14(27(24,25)23-15-21-9-22-26-15)12(17)6-13(11)20-4-2-1-3-19-10-7-18-8-10/h5-6,9-10,18-20H,1-4,7-8H2,(H,21,22,23). The van der Waals surface area contributed by atoms with Crippen LogP contribution < -0.4 is 20.7 Å². The quantitative estimate of drug-likeness (QED) is 0.423. The Bertz CT molecular complexity index is 861. The summed E-state index contributed by atoms with van der Waals surface area (Å²) >= 11 is 6.99. The summed E-state index contributed by atoms with van der Waals surface area (Å²) in [5.74, 6) is -0.891. The van der Waals surface area contributed by atoms with Gasteiger partial charge in [0.2, 0.25) is 5.13 Å². The van der Waals surface area contributed by atoms with E-state index in [1.807, 2.05) is 0 Å². The van der Waals surface area contributed by atoms with E-state index in [9.17, 15) is 12.8 Å². The van der Waals surface area contributed by atoms with Crippen LogP contribution in [0.1, 0.15) is 12.8 Å². The lowest BCUT2D eigenvalue weighted by molar-refractivity contribution is 0.364. The second kappa shape index (κ2) is 9.11. The van der Waals surface area contributed by atoms with E-state index in [0.717, 1.165) is 56.1 Å². The summed E-state index contributed by atoms with van der Waals surface area (Å²) in [6, 6.07) is 2.74. The molecule has 2 aromatic rings. The van der Waals surface area contributed by atoms with Crippen LogP contribution in [0.4, 0.5) is 15.2 Å². The SMILES string of the molecule is O=S(=O)(Nc1ncns1)c1cc(Cl)c(NCCCCNC2CNC2)cc1F. The van der Waals surface area contributed by atoms with Crippen LogP contribution in [0, 0.1) is 5.82 Å². The number of rotatable bonds is 10. The maximum Gasteiger partial charge on any atom is 0.266 e. The lowest BCUT2D eigenvalue weighted by Crippen LogP contribution is -2.55. The first-order valence-corrected chi connectivity index (χ1v) is 11.1. The predicted molar refractivity (Wildman–Crippen MR) is 105 cm³/mol. The van der Waals surface area contributed by atoms with E-state index in [-0.39, 0.29) is 10.2 Å². The van der Waals surface area contributed by atoms with Crippen LogP contribution in [-0.2, 0) is 10.0 Å². The van der Waals surface area contributed by atoms with Crippen LogP contribution in [0.5, 0.6) is 0 Å². The molecule has 0 bridgehead atoms. The summed E-state index contributed by atoms with van der Waals surface area (Å²) in [5, 5.41) is 9.85. The molecule has 0 spiro atoms. The van der Waals surface area contributed by atoms with Crippen LogP contribution in [0.2, 0.25) is 5.02 Å². The molecule has 148 valence electrons. The molecule has 8 nitrogen and oxygen atoms in total. The fourth-order valence-electron chi connectivity index (χ4n) is 2.47. The monoisotopic (exact) mass is 434 g/mol. The molecule has 1 fully saturated rings. The van der Waals surface area contributed by atoms with Crippen molar-refractivity contribution in [2.45, 2.75) is 23.8 Å². The van der Waals surface area contributed by atoms with E-state index in [1.54, 1.807) is 0 Å². The van der Waals surface area contributed by atoms with Crippen molar-refractivity contribution in [3.63, 3.8) is 0 Å². The molecule has 3 rings (SSSR count). The van der Waals surface area contributed by atoms with E-state index in [0.29, 0.717) is 18.3 Å². The number of hydrogen-bond donors (Lipinski definition) is 4. The zero-order valence-corrected chi connectivity index (χ0v) is 16.7. The fraction of sp³-hybridized carbons (Fsp3) is 0.467. The molecule has 0 atom stereocenters. The zero-order chi connectivity index (χ0) is 19.3. The largest absolute Gasteiger partial charge is 0.384 e. The molecule has 1 aliphatic rings. The summed E-state index contributed by atoms with van der Waals surface area (Å²) in [6.45, 7) is 3.55. The highest BCUT2D eigenvalue weighted by molar-refractivity contribution is 7.93. The molecule has 1 aliphatic heterocycles. The van der Waals surface area contributed by atoms with E-state index >= 15 is 0 Å². The molecule has 0 amide bonds. The predicted octanol–water partition coefficient (Wildman–Crippen LogP) is 1.88. The summed E-state index contributed by atoms with van der Waals surface area (Å²) in [4.78, 5) is 3.19. The van der Waals surface area contributed by atoms with Gasteiger partial charge in [0.15, 0.2) is 0 Å². The smallest absolute Gasteiger partial charge is 0.266 e. The number of nitrogens with one attached hydrogen (secondary N) is 4. The highest BCUT2D eigenvalue weighted by Gasteiger charge is 2.22.